The zero-order chi connectivity index (χ0) is 21.7. The van der Waals surface area contributed by atoms with Crippen LogP contribution in [-0.2, 0) is 17.1 Å². The van der Waals surface area contributed by atoms with Gasteiger partial charge in [0, 0.05) is 31.7 Å². The number of halogens is 1. The highest BCUT2D eigenvalue weighted by Gasteiger charge is 2.21. The second-order valence-electron chi connectivity index (χ2n) is 7.04. The molecular formula is C21H26FN5O2S. The van der Waals surface area contributed by atoms with E-state index in [1.54, 1.807) is 24.4 Å². The first-order valence-corrected chi connectivity index (χ1v) is 11.3. The van der Waals surface area contributed by atoms with Crippen LogP contribution in [-0.4, -0.2) is 29.0 Å². The average Bonchev–Trinajstić information content (AvgIpc) is 3.17. The lowest BCUT2D eigenvalue weighted by atomic mass is 10.1. The normalized spacial score (nSPS) is 12.8. The maximum absolute atomic E-state index is 13.4. The van der Waals surface area contributed by atoms with E-state index < -0.39 is 10.0 Å². The number of nitrogens with one attached hydrogen (secondary N) is 2. The summed E-state index contributed by atoms with van der Waals surface area (Å²) in [4.78, 5) is 8.78. The van der Waals surface area contributed by atoms with E-state index in [0.29, 0.717) is 18.7 Å². The molecule has 1 aromatic carbocycles. The highest BCUT2D eigenvalue weighted by molar-refractivity contribution is 7.89. The van der Waals surface area contributed by atoms with Crippen LogP contribution in [0.2, 0.25) is 0 Å². The van der Waals surface area contributed by atoms with Crippen molar-refractivity contribution in [2.24, 2.45) is 7.05 Å². The number of hydrogen-bond acceptors (Lipinski definition) is 5. The molecule has 0 aliphatic rings. The molecule has 0 amide bonds. The fourth-order valence-corrected chi connectivity index (χ4v) is 4.47. The number of anilines is 1. The number of aromatic nitrogens is 3. The molecule has 0 radical (unpaired) electrons. The Morgan fingerprint density at radius 3 is 2.30 bits per heavy atom. The Hall–Kier alpha value is -2.78. The van der Waals surface area contributed by atoms with Gasteiger partial charge in [-0.25, -0.2) is 27.5 Å². The van der Waals surface area contributed by atoms with Gasteiger partial charge in [-0.05, 0) is 42.7 Å². The quantitative estimate of drug-likeness (QED) is 0.540. The molecule has 160 valence electrons. The smallest absolute Gasteiger partial charge is 0.242 e. The summed E-state index contributed by atoms with van der Waals surface area (Å²) in [5, 5.41) is 3.27. The van der Waals surface area contributed by atoms with Crippen LogP contribution in [0.15, 0.2) is 59.9 Å². The molecule has 30 heavy (non-hydrogen) atoms. The number of pyridine rings is 1. The van der Waals surface area contributed by atoms with E-state index in [1.807, 2.05) is 31.7 Å². The van der Waals surface area contributed by atoms with Crippen molar-refractivity contribution in [1.82, 2.24) is 19.3 Å². The number of imidazole rings is 1. The number of benzene rings is 1. The van der Waals surface area contributed by atoms with Crippen molar-refractivity contribution in [3.8, 4) is 0 Å². The first kappa shape index (κ1) is 21.9. The molecule has 0 fully saturated rings. The van der Waals surface area contributed by atoms with Crippen LogP contribution in [0.5, 0.6) is 0 Å². The molecule has 2 heterocycles. The summed E-state index contributed by atoms with van der Waals surface area (Å²) in [7, 11) is -1.77. The summed E-state index contributed by atoms with van der Waals surface area (Å²) in [5.41, 5.74) is 0.805. The van der Waals surface area contributed by atoms with Crippen molar-refractivity contribution in [3.63, 3.8) is 0 Å². The Morgan fingerprint density at radius 1 is 1.07 bits per heavy atom. The maximum Gasteiger partial charge on any atom is 0.242 e. The molecule has 0 aliphatic heterocycles. The topological polar surface area (TPSA) is 88.9 Å². The second-order valence-corrected chi connectivity index (χ2v) is 8.75. The fourth-order valence-electron chi connectivity index (χ4n) is 3.12. The van der Waals surface area contributed by atoms with Gasteiger partial charge in [0.2, 0.25) is 10.0 Å². The van der Waals surface area contributed by atoms with E-state index in [-0.39, 0.29) is 22.8 Å². The fraction of sp³-hybridized carbons (Fsp3) is 0.333. The maximum atomic E-state index is 13.4. The van der Waals surface area contributed by atoms with Crippen LogP contribution >= 0.6 is 0 Å². The predicted molar refractivity (Wildman–Crippen MR) is 114 cm³/mol. The number of hydrogen-bond donors (Lipinski definition) is 2. The zero-order valence-electron chi connectivity index (χ0n) is 17.2. The lowest BCUT2D eigenvalue weighted by Gasteiger charge is -2.20. The van der Waals surface area contributed by atoms with E-state index in [0.717, 1.165) is 11.4 Å². The van der Waals surface area contributed by atoms with E-state index in [9.17, 15) is 12.8 Å². The number of rotatable bonds is 9. The molecule has 0 saturated heterocycles. The summed E-state index contributed by atoms with van der Waals surface area (Å²) in [5.74, 6) is 0.874. The summed E-state index contributed by atoms with van der Waals surface area (Å²) in [6.45, 7) is 3.88. The number of nitrogens with zero attached hydrogens (tertiary/aromatic N) is 3. The van der Waals surface area contributed by atoms with Crippen LogP contribution in [0.25, 0.3) is 0 Å². The Morgan fingerprint density at radius 2 is 1.77 bits per heavy atom. The van der Waals surface area contributed by atoms with E-state index in [2.05, 4.69) is 20.0 Å². The molecule has 1 unspecified atom stereocenters. The third kappa shape index (κ3) is 5.03. The minimum atomic E-state index is -3.63. The van der Waals surface area contributed by atoms with Gasteiger partial charge in [0.25, 0.3) is 0 Å². The monoisotopic (exact) mass is 431 g/mol. The molecule has 3 aromatic rings. The van der Waals surface area contributed by atoms with Gasteiger partial charge in [0.1, 0.15) is 28.4 Å². The first-order chi connectivity index (χ1) is 14.3. The van der Waals surface area contributed by atoms with Gasteiger partial charge in [0.15, 0.2) is 0 Å². The lowest BCUT2D eigenvalue weighted by Crippen LogP contribution is -2.33. The van der Waals surface area contributed by atoms with Gasteiger partial charge in [-0.1, -0.05) is 26.0 Å². The van der Waals surface area contributed by atoms with E-state index in [1.165, 1.54) is 24.4 Å². The van der Waals surface area contributed by atoms with Gasteiger partial charge in [-0.15, -0.1) is 0 Å². The number of sulfonamides is 1. The molecule has 0 saturated carbocycles. The largest absolute Gasteiger partial charge is 0.356 e. The Balaban J connectivity index is 1.85. The average molecular weight is 432 g/mol. The SMILES string of the molecule is CCC(CC)NS(=O)(=O)c1ccc(NC(c2ccc(F)cc2)c2nccn2C)nc1. The van der Waals surface area contributed by atoms with Crippen molar-refractivity contribution < 1.29 is 12.8 Å². The van der Waals surface area contributed by atoms with Crippen LogP contribution in [0.1, 0.15) is 44.1 Å². The molecule has 7 nitrogen and oxygen atoms in total. The van der Waals surface area contributed by atoms with Crippen molar-refractivity contribution in [1.29, 1.82) is 0 Å². The highest BCUT2D eigenvalue weighted by atomic mass is 32.2. The summed E-state index contributed by atoms with van der Waals surface area (Å²) >= 11 is 0. The zero-order valence-corrected chi connectivity index (χ0v) is 18.0. The molecular weight excluding hydrogens is 405 g/mol. The Labute approximate surface area is 176 Å². The lowest BCUT2D eigenvalue weighted by molar-refractivity contribution is 0.530. The second kappa shape index (κ2) is 9.36. The van der Waals surface area contributed by atoms with Crippen LogP contribution < -0.4 is 10.0 Å². The van der Waals surface area contributed by atoms with Gasteiger partial charge in [-0.3, -0.25) is 0 Å². The minimum absolute atomic E-state index is 0.107. The third-order valence-corrected chi connectivity index (χ3v) is 6.47. The standard InChI is InChI=1S/C21H26FN5O2S/c1-4-17(5-2)26-30(28,29)18-10-11-19(24-14-18)25-20(21-23-12-13-27(21)3)15-6-8-16(22)9-7-15/h6-14,17,20,26H,4-5H2,1-3H3,(H,24,25). The molecule has 9 heteroatoms. The molecule has 0 bridgehead atoms. The molecule has 2 N–H and O–H groups in total. The molecule has 0 spiro atoms. The number of aryl methyl sites for hydroxylation is 1. The minimum Gasteiger partial charge on any atom is -0.356 e. The van der Waals surface area contributed by atoms with E-state index in [4.69, 9.17) is 0 Å². The molecule has 3 rings (SSSR count). The first-order valence-electron chi connectivity index (χ1n) is 9.81. The summed E-state index contributed by atoms with van der Waals surface area (Å²) in [6.07, 6.45) is 6.26. The Kier molecular flexibility index (Phi) is 6.84. The van der Waals surface area contributed by atoms with Crippen molar-refractivity contribution >= 4 is 15.8 Å². The Bertz CT molecular complexity index is 1060. The van der Waals surface area contributed by atoms with E-state index >= 15 is 0 Å². The third-order valence-electron chi connectivity index (χ3n) is 4.97. The predicted octanol–water partition coefficient (Wildman–Crippen LogP) is 3.62. The van der Waals surface area contributed by atoms with Crippen LogP contribution in [0.3, 0.4) is 0 Å². The van der Waals surface area contributed by atoms with Crippen molar-refractivity contribution in [2.45, 2.75) is 43.7 Å². The van der Waals surface area contributed by atoms with Gasteiger partial charge < -0.3 is 9.88 Å². The highest BCUT2D eigenvalue weighted by Crippen LogP contribution is 2.25. The van der Waals surface area contributed by atoms with Crippen molar-refractivity contribution in [3.05, 3.63) is 72.2 Å². The van der Waals surface area contributed by atoms with Gasteiger partial charge in [0.05, 0.1) is 0 Å². The van der Waals surface area contributed by atoms with Crippen molar-refractivity contribution in [2.75, 3.05) is 5.32 Å². The molecule has 2 aromatic heterocycles. The van der Waals surface area contributed by atoms with Crippen LogP contribution in [0.4, 0.5) is 10.2 Å². The van der Waals surface area contributed by atoms with Gasteiger partial charge >= 0.3 is 0 Å². The van der Waals surface area contributed by atoms with Gasteiger partial charge in [-0.2, -0.15) is 0 Å². The molecule has 1 atom stereocenters. The molecule has 0 aliphatic carbocycles. The summed E-state index contributed by atoms with van der Waals surface area (Å²) in [6, 6.07) is 8.77. The van der Waals surface area contributed by atoms with Crippen LogP contribution in [0, 0.1) is 5.82 Å². The summed E-state index contributed by atoms with van der Waals surface area (Å²) < 4.78 is 43.1.